The Morgan fingerprint density at radius 2 is 2.20 bits per heavy atom. The van der Waals surface area contributed by atoms with Crippen LogP contribution in [0.3, 0.4) is 0 Å². The Labute approximate surface area is 119 Å². The summed E-state index contributed by atoms with van der Waals surface area (Å²) in [6, 6.07) is 9.69. The van der Waals surface area contributed by atoms with Crippen LogP contribution in [-0.2, 0) is 9.53 Å². The van der Waals surface area contributed by atoms with Gasteiger partial charge in [0.05, 0.1) is 26.2 Å². The zero-order chi connectivity index (χ0) is 14.2. The molecule has 1 N–H and O–H groups in total. The van der Waals surface area contributed by atoms with E-state index in [4.69, 9.17) is 14.6 Å². The molecule has 1 saturated heterocycles. The van der Waals surface area contributed by atoms with Gasteiger partial charge in [-0.05, 0) is 18.6 Å². The van der Waals surface area contributed by atoms with E-state index in [1.165, 1.54) is 0 Å². The van der Waals surface area contributed by atoms with Crippen LogP contribution in [0.1, 0.15) is 12.8 Å². The first kappa shape index (κ1) is 14.8. The van der Waals surface area contributed by atoms with Crippen molar-refractivity contribution in [3.05, 3.63) is 30.3 Å². The van der Waals surface area contributed by atoms with Crippen LogP contribution in [0, 0.1) is 0 Å². The summed E-state index contributed by atoms with van der Waals surface area (Å²) in [4.78, 5) is 13.0. The Balaban J connectivity index is 1.70. The van der Waals surface area contributed by atoms with E-state index in [9.17, 15) is 4.79 Å². The average Bonchev–Trinajstić information content (AvgIpc) is 2.46. The summed E-state index contributed by atoms with van der Waals surface area (Å²) < 4.78 is 11.0. The summed E-state index contributed by atoms with van der Waals surface area (Å²) >= 11 is 0. The number of rotatable bonds is 7. The maximum atomic E-state index is 10.8. The van der Waals surface area contributed by atoms with E-state index in [2.05, 4.69) is 4.90 Å². The van der Waals surface area contributed by atoms with Crippen LogP contribution in [-0.4, -0.2) is 54.9 Å². The molecule has 1 atom stereocenters. The van der Waals surface area contributed by atoms with Gasteiger partial charge in [0.2, 0.25) is 0 Å². The highest BCUT2D eigenvalue weighted by Crippen LogP contribution is 2.12. The first-order valence-electron chi connectivity index (χ1n) is 6.97. The van der Waals surface area contributed by atoms with Crippen molar-refractivity contribution < 1.29 is 19.4 Å². The fourth-order valence-corrected chi connectivity index (χ4v) is 2.35. The molecule has 1 aromatic carbocycles. The maximum absolute atomic E-state index is 10.8. The van der Waals surface area contributed by atoms with Gasteiger partial charge in [-0.3, -0.25) is 9.69 Å². The molecule has 0 aromatic heterocycles. The minimum Gasteiger partial charge on any atom is -0.494 e. The lowest BCUT2D eigenvalue weighted by molar-refractivity contribution is -0.140. The second kappa shape index (κ2) is 7.87. The van der Waals surface area contributed by atoms with Gasteiger partial charge in [-0.25, -0.2) is 0 Å². The van der Waals surface area contributed by atoms with Crippen LogP contribution in [0.25, 0.3) is 0 Å². The number of hydrogen-bond acceptors (Lipinski definition) is 4. The van der Waals surface area contributed by atoms with E-state index in [0.29, 0.717) is 19.8 Å². The normalized spacial score (nSPS) is 19.7. The predicted octanol–water partition coefficient (Wildman–Crippen LogP) is 1.63. The summed E-state index contributed by atoms with van der Waals surface area (Å²) in [5.41, 5.74) is 0. The molecule has 0 bridgehead atoms. The van der Waals surface area contributed by atoms with E-state index in [1.54, 1.807) is 0 Å². The van der Waals surface area contributed by atoms with Crippen molar-refractivity contribution in [2.45, 2.75) is 18.9 Å². The Bertz CT molecular complexity index is 410. The monoisotopic (exact) mass is 279 g/mol. The minimum atomic E-state index is -0.772. The third-order valence-corrected chi connectivity index (χ3v) is 3.36. The number of morpholine rings is 1. The van der Waals surface area contributed by atoms with Crippen LogP contribution in [0.5, 0.6) is 5.75 Å². The SMILES string of the molecule is O=C(O)CC1COCCN1CCCOc1ccccc1. The Kier molecular flexibility index (Phi) is 5.83. The van der Waals surface area contributed by atoms with Crippen molar-refractivity contribution in [1.82, 2.24) is 4.90 Å². The molecular weight excluding hydrogens is 258 g/mol. The third-order valence-electron chi connectivity index (χ3n) is 3.36. The quantitative estimate of drug-likeness (QED) is 0.769. The zero-order valence-electron chi connectivity index (χ0n) is 11.5. The van der Waals surface area contributed by atoms with Crippen molar-refractivity contribution in [3.63, 3.8) is 0 Å². The van der Waals surface area contributed by atoms with Crippen LogP contribution < -0.4 is 4.74 Å². The van der Waals surface area contributed by atoms with Gasteiger partial charge in [-0.1, -0.05) is 18.2 Å². The lowest BCUT2D eigenvalue weighted by atomic mass is 10.1. The predicted molar refractivity (Wildman–Crippen MR) is 75.0 cm³/mol. The van der Waals surface area contributed by atoms with Crippen molar-refractivity contribution in [1.29, 1.82) is 0 Å². The summed E-state index contributed by atoms with van der Waals surface area (Å²) in [5.74, 6) is 0.0996. The largest absolute Gasteiger partial charge is 0.494 e. The smallest absolute Gasteiger partial charge is 0.305 e. The first-order chi connectivity index (χ1) is 9.75. The second-order valence-corrected chi connectivity index (χ2v) is 4.88. The molecule has 5 heteroatoms. The van der Waals surface area contributed by atoms with E-state index in [-0.39, 0.29) is 12.5 Å². The molecule has 1 aliphatic heterocycles. The standard InChI is InChI=1S/C15H21NO4/c17-15(18)11-13-12-19-10-8-16(13)7-4-9-20-14-5-2-1-3-6-14/h1-3,5-6,13H,4,7-12H2,(H,17,18). The van der Waals surface area contributed by atoms with Gasteiger partial charge >= 0.3 is 5.97 Å². The number of carbonyl (C=O) groups is 1. The number of aliphatic carboxylic acids is 1. The molecule has 1 heterocycles. The highest BCUT2D eigenvalue weighted by Gasteiger charge is 2.24. The minimum absolute atomic E-state index is 0.0158. The van der Waals surface area contributed by atoms with Crippen LogP contribution in [0.4, 0.5) is 0 Å². The molecule has 2 rings (SSSR count). The van der Waals surface area contributed by atoms with Gasteiger partial charge in [0.25, 0.3) is 0 Å². The van der Waals surface area contributed by atoms with Gasteiger partial charge in [-0.15, -0.1) is 0 Å². The van der Waals surface area contributed by atoms with Crippen LogP contribution >= 0.6 is 0 Å². The maximum Gasteiger partial charge on any atom is 0.305 e. The zero-order valence-corrected chi connectivity index (χ0v) is 11.5. The van der Waals surface area contributed by atoms with E-state index >= 15 is 0 Å². The summed E-state index contributed by atoms with van der Waals surface area (Å²) in [7, 11) is 0. The molecule has 1 unspecified atom stereocenters. The molecule has 5 nitrogen and oxygen atoms in total. The fraction of sp³-hybridized carbons (Fsp3) is 0.533. The Hall–Kier alpha value is -1.59. The van der Waals surface area contributed by atoms with Crippen molar-refractivity contribution >= 4 is 5.97 Å². The highest BCUT2D eigenvalue weighted by atomic mass is 16.5. The van der Waals surface area contributed by atoms with Gasteiger partial charge in [0.1, 0.15) is 5.75 Å². The number of carboxylic acid groups (broad SMARTS) is 1. The van der Waals surface area contributed by atoms with Gasteiger partial charge in [-0.2, -0.15) is 0 Å². The molecule has 0 amide bonds. The molecule has 0 saturated carbocycles. The van der Waals surface area contributed by atoms with Crippen molar-refractivity contribution in [2.24, 2.45) is 0 Å². The summed E-state index contributed by atoms with van der Waals surface area (Å²) in [5, 5.41) is 8.90. The van der Waals surface area contributed by atoms with Gasteiger partial charge < -0.3 is 14.6 Å². The molecule has 0 spiro atoms. The number of hydrogen-bond donors (Lipinski definition) is 1. The molecule has 0 radical (unpaired) electrons. The van der Waals surface area contributed by atoms with E-state index in [0.717, 1.165) is 25.3 Å². The molecule has 1 aliphatic rings. The second-order valence-electron chi connectivity index (χ2n) is 4.88. The van der Waals surface area contributed by atoms with E-state index < -0.39 is 5.97 Å². The number of carboxylic acids is 1. The molecule has 1 aromatic rings. The summed E-state index contributed by atoms with van der Waals surface area (Å²) in [6.45, 7) is 3.46. The lowest BCUT2D eigenvalue weighted by Crippen LogP contribution is -2.47. The summed E-state index contributed by atoms with van der Waals surface area (Å²) in [6.07, 6.45) is 1.02. The number of para-hydroxylation sites is 1. The van der Waals surface area contributed by atoms with Crippen molar-refractivity contribution in [3.8, 4) is 5.75 Å². The number of ether oxygens (including phenoxy) is 2. The van der Waals surface area contributed by atoms with Crippen molar-refractivity contribution in [2.75, 3.05) is 32.9 Å². The van der Waals surface area contributed by atoms with E-state index in [1.807, 2.05) is 30.3 Å². The Morgan fingerprint density at radius 3 is 2.95 bits per heavy atom. The first-order valence-corrected chi connectivity index (χ1v) is 6.97. The lowest BCUT2D eigenvalue weighted by Gasteiger charge is -2.34. The topological polar surface area (TPSA) is 59.0 Å². The molecular formula is C15H21NO4. The molecule has 0 aliphatic carbocycles. The van der Waals surface area contributed by atoms with Gasteiger partial charge in [0, 0.05) is 19.1 Å². The number of nitrogens with zero attached hydrogens (tertiary/aromatic N) is 1. The number of benzene rings is 1. The highest BCUT2D eigenvalue weighted by molar-refractivity contribution is 5.67. The molecule has 1 fully saturated rings. The van der Waals surface area contributed by atoms with Crippen LogP contribution in [0.15, 0.2) is 30.3 Å². The van der Waals surface area contributed by atoms with Gasteiger partial charge in [0.15, 0.2) is 0 Å². The van der Waals surface area contributed by atoms with Crippen LogP contribution in [0.2, 0.25) is 0 Å². The molecule has 20 heavy (non-hydrogen) atoms. The fourth-order valence-electron chi connectivity index (χ4n) is 2.35. The third kappa shape index (κ3) is 4.83. The Morgan fingerprint density at radius 1 is 1.40 bits per heavy atom. The molecule has 110 valence electrons. The average molecular weight is 279 g/mol.